The lowest BCUT2D eigenvalue weighted by molar-refractivity contribution is -0.162. The number of rotatable bonds is 6. The second-order valence-electron chi connectivity index (χ2n) is 9.34. The van der Waals surface area contributed by atoms with Gasteiger partial charge in [0.15, 0.2) is 12.2 Å². The van der Waals surface area contributed by atoms with Gasteiger partial charge in [-0.3, -0.25) is 4.79 Å². The normalized spacial score (nSPS) is 32.5. The van der Waals surface area contributed by atoms with Crippen molar-refractivity contribution in [1.29, 1.82) is 0 Å². The highest BCUT2D eigenvalue weighted by molar-refractivity contribution is 5.85. The summed E-state index contributed by atoms with van der Waals surface area (Å²) in [6.07, 6.45) is 5.64. The van der Waals surface area contributed by atoms with Gasteiger partial charge in [-0.2, -0.15) is 0 Å². The molecule has 1 N–H and O–H groups in total. The van der Waals surface area contributed by atoms with E-state index in [-0.39, 0.29) is 11.4 Å². The van der Waals surface area contributed by atoms with Gasteiger partial charge in [0.25, 0.3) is 5.91 Å². The number of amides is 1. The highest BCUT2D eigenvalue weighted by atomic mass is 16.6. The zero-order chi connectivity index (χ0) is 19.9. The number of hydrogen-bond donors (Lipinski definition) is 1. The van der Waals surface area contributed by atoms with Crippen LogP contribution in [-0.2, 0) is 14.3 Å². The van der Waals surface area contributed by atoms with Crippen molar-refractivity contribution >= 4 is 11.9 Å². The molecule has 2 atom stereocenters. The third-order valence-electron chi connectivity index (χ3n) is 6.72. The van der Waals surface area contributed by atoms with Crippen LogP contribution < -0.4 is 10.1 Å². The Labute approximate surface area is 167 Å². The molecule has 5 heteroatoms. The first kappa shape index (κ1) is 19.3. The van der Waals surface area contributed by atoms with Gasteiger partial charge in [0.1, 0.15) is 5.75 Å². The second-order valence-corrected chi connectivity index (χ2v) is 9.34. The van der Waals surface area contributed by atoms with E-state index in [4.69, 9.17) is 9.47 Å². The lowest BCUT2D eigenvalue weighted by atomic mass is 9.53. The van der Waals surface area contributed by atoms with Crippen molar-refractivity contribution in [2.24, 2.45) is 17.8 Å². The Morgan fingerprint density at radius 3 is 2.21 bits per heavy atom. The van der Waals surface area contributed by atoms with Gasteiger partial charge in [-0.05, 0) is 94.7 Å². The van der Waals surface area contributed by atoms with Crippen molar-refractivity contribution in [2.75, 3.05) is 0 Å². The van der Waals surface area contributed by atoms with Crippen LogP contribution in [0.5, 0.6) is 5.75 Å². The molecule has 0 aliphatic heterocycles. The van der Waals surface area contributed by atoms with E-state index in [1.54, 1.807) is 19.9 Å². The number of esters is 1. The fourth-order valence-electron chi connectivity index (χ4n) is 5.89. The minimum Gasteiger partial charge on any atom is -0.479 e. The Balaban J connectivity index is 1.31. The lowest BCUT2D eigenvalue weighted by Crippen LogP contribution is -2.61. The summed E-state index contributed by atoms with van der Waals surface area (Å²) in [4.78, 5) is 25.1. The largest absolute Gasteiger partial charge is 0.479 e. The zero-order valence-corrected chi connectivity index (χ0v) is 17.1. The maximum Gasteiger partial charge on any atom is 0.347 e. The fourth-order valence-corrected chi connectivity index (χ4v) is 5.89. The predicted octanol–water partition coefficient (Wildman–Crippen LogP) is 3.78. The van der Waals surface area contributed by atoms with Crippen LogP contribution in [0.1, 0.15) is 57.9 Å². The maximum absolute atomic E-state index is 12.8. The Morgan fingerprint density at radius 2 is 1.64 bits per heavy atom. The second kappa shape index (κ2) is 7.41. The summed E-state index contributed by atoms with van der Waals surface area (Å²) in [5.41, 5.74) is 0.984. The SMILES string of the molecule is Cc1cccc(O[C@@H](C)C(=O)O[C@@H](C)C(=O)NC23CC4CC(CC(C4)C2)C3)c1. The number of benzene rings is 1. The molecule has 4 bridgehead atoms. The molecule has 28 heavy (non-hydrogen) atoms. The van der Waals surface area contributed by atoms with Crippen LogP contribution in [0.15, 0.2) is 24.3 Å². The van der Waals surface area contributed by atoms with Crippen molar-refractivity contribution in [1.82, 2.24) is 5.32 Å². The van der Waals surface area contributed by atoms with Crippen LogP contribution in [0.3, 0.4) is 0 Å². The molecule has 4 aliphatic rings. The van der Waals surface area contributed by atoms with Gasteiger partial charge < -0.3 is 14.8 Å². The van der Waals surface area contributed by atoms with Crippen LogP contribution in [0.25, 0.3) is 0 Å². The molecule has 0 aromatic heterocycles. The maximum atomic E-state index is 12.8. The Hall–Kier alpha value is -2.04. The van der Waals surface area contributed by atoms with Gasteiger partial charge >= 0.3 is 5.97 Å². The summed E-state index contributed by atoms with van der Waals surface area (Å²) in [5, 5.41) is 3.27. The van der Waals surface area contributed by atoms with Crippen molar-refractivity contribution in [3.8, 4) is 5.75 Å². The van der Waals surface area contributed by atoms with Crippen molar-refractivity contribution < 1.29 is 19.1 Å². The highest BCUT2D eigenvalue weighted by Gasteiger charge is 2.51. The van der Waals surface area contributed by atoms with Crippen molar-refractivity contribution in [3.05, 3.63) is 29.8 Å². The monoisotopic (exact) mass is 385 g/mol. The smallest absolute Gasteiger partial charge is 0.347 e. The summed E-state index contributed by atoms with van der Waals surface area (Å²) in [5.74, 6) is 2.19. The number of hydrogen-bond acceptors (Lipinski definition) is 4. The van der Waals surface area contributed by atoms with E-state index in [2.05, 4.69) is 5.32 Å². The number of carbonyl (C=O) groups is 2. The van der Waals surface area contributed by atoms with Gasteiger partial charge in [-0.15, -0.1) is 0 Å². The van der Waals surface area contributed by atoms with Crippen LogP contribution in [0.4, 0.5) is 0 Å². The molecule has 0 spiro atoms. The molecule has 5 rings (SSSR count). The van der Waals surface area contributed by atoms with Crippen molar-refractivity contribution in [3.63, 3.8) is 0 Å². The minimum absolute atomic E-state index is 0.0732. The van der Waals surface area contributed by atoms with E-state index in [1.165, 1.54) is 19.3 Å². The van der Waals surface area contributed by atoms with E-state index in [1.807, 2.05) is 25.1 Å². The van der Waals surface area contributed by atoms with Gasteiger partial charge in [0, 0.05) is 5.54 Å². The first-order chi connectivity index (χ1) is 13.3. The summed E-state index contributed by atoms with van der Waals surface area (Å²) in [6, 6.07) is 7.52. The van der Waals surface area contributed by atoms with Crippen LogP contribution in [0.2, 0.25) is 0 Å². The number of aryl methyl sites for hydroxylation is 1. The Morgan fingerprint density at radius 1 is 1.04 bits per heavy atom. The molecule has 0 unspecified atom stereocenters. The summed E-state index contributed by atoms with van der Waals surface area (Å²) in [6.45, 7) is 5.26. The van der Waals surface area contributed by atoms with Gasteiger partial charge in [0.2, 0.25) is 0 Å². The van der Waals surface area contributed by atoms with E-state index < -0.39 is 18.2 Å². The molecule has 1 amide bonds. The van der Waals surface area contributed by atoms with Gasteiger partial charge in [-0.25, -0.2) is 4.79 Å². The molecule has 0 radical (unpaired) electrons. The number of ether oxygens (including phenoxy) is 2. The topological polar surface area (TPSA) is 64.6 Å². The molecule has 0 saturated heterocycles. The first-order valence-corrected chi connectivity index (χ1v) is 10.6. The molecule has 152 valence electrons. The van der Waals surface area contributed by atoms with Crippen LogP contribution in [-0.4, -0.2) is 29.6 Å². The quantitative estimate of drug-likeness (QED) is 0.757. The molecular weight excluding hydrogens is 354 g/mol. The van der Waals surface area contributed by atoms with E-state index >= 15 is 0 Å². The molecule has 4 fully saturated rings. The summed E-state index contributed by atoms with van der Waals surface area (Å²) >= 11 is 0. The minimum atomic E-state index is -0.816. The molecule has 1 aromatic carbocycles. The van der Waals surface area contributed by atoms with Crippen LogP contribution in [0, 0.1) is 24.7 Å². The van der Waals surface area contributed by atoms with Crippen molar-refractivity contribution in [2.45, 2.75) is 77.0 Å². The summed E-state index contributed by atoms with van der Waals surface area (Å²) in [7, 11) is 0. The molecule has 4 aliphatic carbocycles. The fraction of sp³-hybridized carbons (Fsp3) is 0.652. The first-order valence-electron chi connectivity index (χ1n) is 10.6. The van der Waals surface area contributed by atoms with Gasteiger partial charge in [0.05, 0.1) is 0 Å². The predicted molar refractivity (Wildman–Crippen MR) is 106 cm³/mol. The highest BCUT2D eigenvalue weighted by Crippen LogP contribution is 2.55. The average Bonchev–Trinajstić information content (AvgIpc) is 2.60. The molecule has 4 saturated carbocycles. The lowest BCUT2D eigenvalue weighted by Gasteiger charge is -2.57. The molecular formula is C23H31NO4. The Kier molecular flexibility index (Phi) is 5.11. The number of carbonyl (C=O) groups excluding carboxylic acids is 2. The molecule has 0 heterocycles. The molecule has 1 aromatic rings. The van der Waals surface area contributed by atoms with E-state index in [0.717, 1.165) is 42.6 Å². The standard InChI is InChI=1S/C23H31NO4/c1-14-5-4-6-20(7-14)27-16(3)22(26)28-15(2)21(25)24-23-11-17-8-18(12-23)10-19(9-17)13-23/h4-7,15-19H,8-13H2,1-3H3,(H,24,25)/t15-,16-,17?,18?,19?,23?/m0/s1. The Bertz CT molecular complexity index is 723. The third-order valence-corrected chi connectivity index (χ3v) is 6.72. The van der Waals surface area contributed by atoms with Gasteiger partial charge in [-0.1, -0.05) is 12.1 Å². The molecule has 5 nitrogen and oxygen atoms in total. The average molecular weight is 386 g/mol. The summed E-state index contributed by atoms with van der Waals surface area (Å²) < 4.78 is 11.1. The zero-order valence-electron chi connectivity index (χ0n) is 17.1. The third kappa shape index (κ3) is 4.03. The van der Waals surface area contributed by atoms with E-state index in [0.29, 0.717) is 5.75 Å². The van der Waals surface area contributed by atoms with Crippen LogP contribution >= 0.6 is 0 Å². The number of nitrogens with one attached hydrogen (secondary N) is 1. The van der Waals surface area contributed by atoms with E-state index in [9.17, 15) is 9.59 Å².